The van der Waals surface area contributed by atoms with Crippen molar-refractivity contribution >= 4 is 23.1 Å². The van der Waals surface area contributed by atoms with Crippen molar-refractivity contribution in [3.63, 3.8) is 0 Å². The lowest BCUT2D eigenvalue weighted by molar-refractivity contribution is 0.140. The van der Waals surface area contributed by atoms with Gasteiger partial charge in [0.15, 0.2) is 5.96 Å². The molecule has 2 aromatic heterocycles. The average Bonchev–Trinajstić information content (AvgIpc) is 3.52. The van der Waals surface area contributed by atoms with Crippen molar-refractivity contribution in [2.45, 2.75) is 45.2 Å². The van der Waals surface area contributed by atoms with E-state index in [0.29, 0.717) is 6.04 Å². The molecule has 4 heterocycles. The van der Waals surface area contributed by atoms with E-state index in [1.54, 1.807) is 0 Å². The highest BCUT2D eigenvalue weighted by molar-refractivity contribution is 7.10. The minimum Gasteiger partial charge on any atom is -0.357 e. The number of piperidine rings is 1. The zero-order valence-corrected chi connectivity index (χ0v) is 19.7. The van der Waals surface area contributed by atoms with Crippen molar-refractivity contribution in [3.05, 3.63) is 46.3 Å². The van der Waals surface area contributed by atoms with Gasteiger partial charge >= 0.3 is 0 Å². The molecule has 1 unspecified atom stereocenters. The van der Waals surface area contributed by atoms with Crippen LogP contribution in [0.25, 0.3) is 0 Å². The minimum atomic E-state index is 0.396. The summed E-state index contributed by atoms with van der Waals surface area (Å²) in [6.45, 7) is 8.55. The molecule has 0 spiro atoms. The second-order valence-electron chi connectivity index (χ2n) is 8.78. The lowest BCUT2D eigenvalue weighted by Gasteiger charge is -2.36. The number of likely N-dealkylation sites (tertiary alicyclic amines) is 1. The molecule has 2 N–H and O–H groups in total. The van der Waals surface area contributed by atoms with Crippen LogP contribution in [0.1, 0.15) is 49.1 Å². The maximum absolute atomic E-state index is 4.66. The van der Waals surface area contributed by atoms with E-state index in [1.807, 2.05) is 24.6 Å². The smallest absolute Gasteiger partial charge is 0.191 e. The van der Waals surface area contributed by atoms with Crippen molar-refractivity contribution in [3.8, 4) is 0 Å². The first-order valence-corrected chi connectivity index (χ1v) is 12.5. The third kappa shape index (κ3) is 5.98. The average molecular weight is 441 g/mol. The molecule has 6 nitrogen and oxygen atoms in total. The molecular formula is C24H36N6S. The van der Waals surface area contributed by atoms with Gasteiger partial charge in [-0.25, -0.2) is 4.98 Å². The van der Waals surface area contributed by atoms with Crippen LogP contribution in [0.5, 0.6) is 0 Å². The number of thiophene rings is 1. The van der Waals surface area contributed by atoms with Gasteiger partial charge in [0.1, 0.15) is 5.82 Å². The maximum Gasteiger partial charge on any atom is 0.191 e. The van der Waals surface area contributed by atoms with Gasteiger partial charge in [-0.05, 0) is 67.8 Å². The fourth-order valence-electron chi connectivity index (χ4n) is 4.49. The van der Waals surface area contributed by atoms with Gasteiger partial charge < -0.3 is 15.5 Å². The van der Waals surface area contributed by atoms with Crippen molar-refractivity contribution in [2.75, 3.05) is 44.7 Å². The molecule has 168 valence electrons. The molecule has 0 aromatic carbocycles. The van der Waals surface area contributed by atoms with Crippen LogP contribution < -0.4 is 15.5 Å². The SMILES string of the molecule is CN=C(NCc1ccc(N2CCCC2)nc1)NCC(c1cccs1)N1CCC(C)CC1. The minimum absolute atomic E-state index is 0.396. The van der Waals surface area contributed by atoms with E-state index < -0.39 is 0 Å². The summed E-state index contributed by atoms with van der Waals surface area (Å²) in [5.74, 6) is 2.78. The quantitative estimate of drug-likeness (QED) is 0.505. The Hall–Kier alpha value is -2.12. The predicted molar refractivity (Wildman–Crippen MR) is 131 cm³/mol. The summed E-state index contributed by atoms with van der Waals surface area (Å²) >= 11 is 1.85. The van der Waals surface area contributed by atoms with Gasteiger partial charge in [-0.1, -0.05) is 19.1 Å². The van der Waals surface area contributed by atoms with Gasteiger partial charge in [0.05, 0.1) is 6.04 Å². The van der Waals surface area contributed by atoms with E-state index in [2.05, 4.69) is 67.0 Å². The van der Waals surface area contributed by atoms with E-state index in [4.69, 9.17) is 0 Å². The first-order valence-electron chi connectivity index (χ1n) is 11.6. The molecule has 2 saturated heterocycles. The Kier molecular flexibility index (Phi) is 7.81. The number of pyridine rings is 1. The van der Waals surface area contributed by atoms with Gasteiger partial charge in [0.25, 0.3) is 0 Å². The molecule has 31 heavy (non-hydrogen) atoms. The topological polar surface area (TPSA) is 55.8 Å². The fraction of sp³-hybridized carbons (Fsp3) is 0.583. The van der Waals surface area contributed by atoms with Gasteiger partial charge in [0.2, 0.25) is 0 Å². The number of guanidine groups is 1. The highest BCUT2D eigenvalue weighted by Crippen LogP contribution is 2.29. The lowest BCUT2D eigenvalue weighted by atomic mass is 9.97. The first kappa shape index (κ1) is 22.1. The van der Waals surface area contributed by atoms with Crippen LogP contribution in [-0.4, -0.2) is 55.6 Å². The standard InChI is InChI=1S/C24H36N6S/c1-19-9-13-29(14-10-19)21(22-6-5-15-31-22)18-28-24(25-2)27-17-20-7-8-23(26-16-20)30-11-3-4-12-30/h5-8,15-16,19,21H,3-4,9-14,17-18H2,1-2H3,(H2,25,27,28). The molecule has 4 rings (SSSR count). The number of aliphatic imine (C=N–C) groups is 1. The summed E-state index contributed by atoms with van der Waals surface area (Å²) in [5, 5.41) is 9.20. The Labute approximate surface area is 190 Å². The summed E-state index contributed by atoms with van der Waals surface area (Å²) in [6.07, 6.45) is 7.10. The molecule has 0 bridgehead atoms. The highest BCUT2D eigenvalue weighted by atomic mass is 32.1. The normalized spacial score (nSPS) is 19.5. The molecule has 2 fully saturated rings. The summed E-state index contributed by atoms with van der Waals surface area (Å²) in [5.41, 5.74) is 1.17. The summed E-state index contributed by atoms with van der Waals surface area (Å²) in [6, 6.07) is 9.13. The molecule has 0 amide bonds. The van der Waals surface area contributed by atoms with E-state index in [9.17, 15) is 0 Å². The second-order valence-corrected chi connectivity index (χ2v) is 9.75. The molecule has 0 radical (unpaired) electrons. The van der Waals surface area contributed by atoms with Crippen molar-refractivity contribution < 1.29 is 0 Å². The third-order valence-corrected chi connectivity index (χ3v) is 7.49. The fourth-order valence-corrected chi connectivity index (χ4v) is 5.35. The molecule has 0 aliphatic carbocycles. The molecule has 2 aliphatic heterocycles. The molecule has 7 heteroatoms. The number of hydrogen-bond donors (Lipinski definition) is 2. The molecule has 2 aliphatic rings. The Morgan fingerprint density at radius 1 is 1.16 bits per heavy atom. The Balaban J connectivity index is 1.30. The molecule has 1 atom stereocenters. The van der Waals surface area contributed by atoms with Crippen LogP contribution in [0.4, 0.5) is 5.82 Å². The van der Waals surface area contributed by atoms with Gasteiger partial charge in [-0.2, -0.15) is 0 Å². The number of hydrogen-bond acceptors (Lipinski definition) is 5. The Morgan fingerprint density at radius 2 is 1.97 bits per heavy atom. The van der Waals surface area contributed by atoms with Gasteiger partial charge in [-0.3, -0.25) is 9.89 Å². The van der Waals surface area contributed by atoms with Crippen molar-refractivity contribution in [1.82, 2.24) is 20.5 Å². The van der Waals surface area contributed by atoms with Gasteiger partial charge in [0, 0.05) is 44.3 Å². The van der Waals surface area contributed by atoms with Crippen LogP contribution in [0, 0.1) is 5.92 Å². The lowest BCUT2D eigenvalue weighted by Crippen LogP contribution is -2.44. The van der Waals surface area contributed by atoms with E-state index in [1.165, 1.54) is 49.2 Å². The van der Waals surface area contributed by atoms with Crippen LogP contribution in [0.15, 0.2) is 40.8 Å². The Morgan fingerprint density at radius 3 is 2.61 bits per heavy atom. The van der Waals surface area contributed by atoms with E-state index in [0.717, 1.165) is 43.9 Å². The number of aromatic nitrogens is 1. The Bertz CT molecular complexity index is 805. The number of rotatable bonds is 7. The number of anilines is 1. The monoisotopic (exact) mass is 440 g/mol. The third-order valence-electron chi connectivity index (χ3n) is 6.52. The molecule has 2 aromatic rings. The van der Waals surface area contributed by atoms with Crippen LogP contribution >= 0.6 is 11.3 Å². The van der Waals surface area contributed by atoms with Crippen LogP contribution in [0.3, 0.4) is 0 Å². The molecular weight excluding hydrogens is 404 g/mol. The van der Waals surface area contributed by atoms with Gasteiger partial charge in [-0.15, -0.1) is 11.3 Å². The zero-order chi connectivity index (χ0) is 21.5. The summed E-state index contributed by atoms with van der Waals surface area (Å²) in [7, 11) is 1.84. The largest absolute Gasteiger partial charge is 0.357 e. The number of nitrogens with zero attached hydrogens (tertiary/aromatic N) is 4. The first-order chi connectivity index (χ1) is 15.2. The predicted octanol–water partition coefficient (Wildman–Crippen LogP) is 3.88. The summed E-state index contributed by atoms with van der Waals surface area (Å²) in [4.78, 5) is 15.5. The van der Waals surface area contributed by atoms with Crippen molar-refractivity contribution in [1.29, 1.82) is 0 Å². The second kappa shape index (κ2) is 11.0. The van der Waals surface area contributed by atoms with Crippen LogP contribution in [0.2, 0.25) is 0 Å². The summed E-state index contributed by atoms with van der Waals surface area (Å²) < 4.78 is 0. The van der Waals surface area contributed by atoms with E-state index >= 15 is 0 Å². The maximum atomic E-state index is 4.66. The molecule has 0 saturated carbocycles. The number of nitrogens with one attached hydrogen (secondary N) is 2. The zero-order valence-electron chi connectivity index (χ0n) is 18.9. The highest BCUT2D eigenvalue weighted by Gasteiger charge is 2.25. The van der Waals surface area contributed by atoms with Crippen molar-refractivity contribution in [2.24, 2.45) is 10.9 Å². The van der Waals surface area contributed by atoms with E-state index in [-0.39, 0.29) is 0 Å². The van der Waals surface area contributed by atoms with Crippen LogP contribution in [-0.2, 0) is 6.54 Å².